The number of aromatic nitrogens is 3. The Morgan fingerprint density at radius 1 is 1.30 bits per heavy atom. The third-order valence-corrected chi connectivity index (χ3v) is 3.83. The van der Waals surface area contributed by atoms with Crippen molar-refractivity contribution in [1.82, 2.24) is 19.5 Å². The highest BCUT2D eigenvalue weighted by atomic mass is 35.5. The van der Waals surface area contributed by atoms with Crippen LogP contribution in [0.3, 0.4) is 0 Å². The maximum absolute atomic E-state index is 12.2. The Labute approximate surface area is 137 Å². The zero-order valence-electron chi connectivity index (χ0n) is 12.4. The van der Waals surface area contributed by atoms with Crippen LogP contribution in [0.25, 0.3) is 5.52 Å². The SMILES string of the molecule is C[C@H](NC(=O)Cn1ncc2cccn2c1=O)c1ccc(Cl)cc1. The number of benzene rings is 1. The Morgan fingerprint density at radius 3 is 2.78 bits per heavy atom. The lowest BCUT2D eigenvalue weighted by Gasteiger charge is -2.14. The van der Waals surface area contributed by atoms with E-state index in [0.29, 0.717) is 10.5 Å². The summed E-state index contributed by atoms with van der Waals surface area (Å²) >= 11 is 5.85. The average molecular weight is 331 g/mol. The molecule has 3 aromatic rings. The van der Waals surface area contributed by atoms with Gasteiger partial charge in [0.2, 0.25) is 5.91 Å². The Hall–Kier alpha value is -2.60. The van der Waals surface area contributed by atoms with Crippen LogP contribution in [-0.2, 0) is 11.3 Å². The van der Waals surface area contributed by atoms with E-state index in [-0.39, 0.29) is 24.2 Å². The molecule has 1 aromatic carbocycles. The van der Waals surface area contributed by atoms with E-state index in [1.165, 1.54) is 4.40 Å². The summed E-state index contributed by atoms with van der Waals surface area (Å²) in [6.07, 6.45) is 3.20. The van der Waals surface area contributed by atoms with Crippen molar-refractivity contribution in [3.05, 3.63) is 69.9 Å². The molecule has 1 N–H and O–H groups in total. The first kappa shape index (κ1) is 15.3. The number of hydrogen-bond donors (Lipinski definition) is 1. The van der Waals surface area contributed by atoms with E-state index in [4.69, 9.17) is 11.6 Å². The number of carbonyl (C=O) groups is 1. The van der Waals surface area contributed by atoms with Crippen molar-refractivity contribution in [1.29, 1.82) is 0 Å². The fraction of sp³-hybridized carbons (Fsp3) is 0.188. The van der Waals surface area contributed by atoms with E-state index in [2.05, 4.69) is 10.4 Å². The van der Waals surface area contributed by atoms with Crippen LogP contribution in [0, 0.1) is 0 Å². The molecule has 0 spiro atoms. The minimum absolute atomic E-state index is 0.134. The van der Waals surface area contributed by atoms with Crippen LogP contribution in [-0.4, -0.2) is 20.1 Å². The van der Waals surface area contributed by atoms with Crippen LogP contribution in [0.4, 0.5) is 0 Å². The molecule has 7 heteroatoms. The van der Waals surface area contributed by atoms with Crippen molar-refractivity contribution in [3.8, 4) is 0 Å². The molecule has 0 radical (unpaired) electrons. The quantitative estimate of drug-likeness (QED) is 0.795. The Morgan fingerprint density at radius 2 is 2.04 bits per heavy atom. The van der Waals surface area contributed by atoms with E-state index < -0.39 is 0 Å². The first-order chi connectivity index (χ1) is 11.0. The van der Waals surface area contributed by atoms with Crippen LogP contribution in [0.1, 0.15) is 18.5 Å². The largest absolute Gasteiger partial charge is 0.349 e. The van der Waals surface area contributed by atoms with Gasteiger partial charge < -0.3 is 5.32 Å². The van der Waals surface area contributed by atoms with Gasteiger partial charge in [-0.3, -0.25) is 9.20 Å². The second-order valence-electron chi connectivity index (χ2n) is 5.23. The van der Waals surface area contributed by atoms with Crippen LogP contribution >= 0.6 is 11.6 Å². The molecule has 0 unspecified atom stereocenters. The summed E-state index contributed by atoms with van der Waals surface area (Å²) in [6, 6.07) is 10.6. The Balaban J connectivity index is 1.72. The van der Waals surface area contributed by atoms with E-state index in [9.17, 15) is 9.59 Å². The van der Waals surface area contributed by atoms with Gasteiger partial charge in [-0.15, -0.1) is 0 Å². The van der Waals surface area contributed by atoms with Crippen LogP contribution in [0.2, 0.25) is 5.02 Å². The summed E-state index contributed by atoms with van der Waals surface area (Å²) < 4.78 is 2.58. The highest BCUT2D eigenvalue weighted by Gasteiger charge is 2.12. The molecule has 0 saturated carbocycles. The second kappa shape index (κ2) is 6.26. The molecule has 0 aliphatic heterocycles. The fourth-order valence-electron chi connectivity index (χ4n) is 2.34. The summed E-state index contributed by atoms with van der Waals surface area (Å²) in [4.78, 5) is 24.3. The summed E-state index contributed by atoms with van der Waals surface area (Å²) in [7, 11) is 0. The van der Waals surface area contributed by atoms with Crippen molar-refractivity contribution in [3.63, 3.8) is 0 Å². The number of fused-ring (bicyclic) bond motifs is 1. The van der Waals surface area contributed by atoms with Gasteiger partial charge in [-0.25, -0.2) is 9.48 Å². The third-order valence-electron chi connectivity index (χ3n) is 3.58. The molecule has 0 aliphatic rings. The normalized spacial score (nSPS) is 12.3. The van der Waals surface area contributed by atoms with Gasteiger partial charge in [-0.2, -0.15) is 5.10 Å². The number of carbonyl (C=O) groups excluding carboxylic acids is 1. The summed E-state index contributed by atoms with van der Waals surface area (Å²) in [6.45, 7) is 1.73. The van der Waals surface area contributed by atoms with Crippen molar-refractivity contribution in [2.45, 2.75) is 19.5 Å². The smallest absolute Gasteiger partial charge is 0.348 e. The monoisotopic (exact) mass is 330 g/mol. The minimum Gasteiger partial charge on any atom is -0.348 e. The second-order valence-corrected chi connectivity index (χ2v) is 5.67. The number of hydrogen-bond acceptors (Lipinski definition) is 3. The van der Waals surface area contributed by atoms with Crippen LogP contribution < -0.4 is 11.0 Å². The van der Waals surface area contributed by atoms with E-state index in [1.54, 1.807) is 36.7 Å². The van der Waals surface area contributed by atoms with Crippen LogP contribution in [0.5, 0.6) is 0 Å². The van der Waals surface area contributed by atoms with Gasteiger partial charge in [0.1, 0.15) is 6.54 Å². The lowest BCUT2D eigenvalue weighted by atomic mass is 10.1. The van der Waals surface area contributed by atoms with Crippen molar-refractivity contribution < 1.29 is 4.79 Å². The molecule has 0 saturated heterocycles. The topological polar surface area (TPSA) is 68.4 Å². The number of halogens is 1. The molecule has 1 atom stereocenters. The molecular weight excluding hydrogens is 316 g/mol. The van der Waals surface area contributed by atoms with E-state index >= 15 is 0 Å². The van der Waals surface area contributed by atoms with Gasteiger partial charge in [-0.05, 0) is 36.8 Å². The summed E-state index contributed by atoms with van der Waals surface area (Å²) in [5.74, 6) is -0.284. The zero-order chi connectivity index (χ0) is 16.4. The first-order valence-electron chi connectivity index (χ1n) is 7.12. The van der Waals surface area contributed by atoms with Crippen molar-refractivity contribution in [2.75, 3.05) is 0 Å². The van der Waals surface area contributed by atoms with Crippen molar-refractivity contribution >= 4 is 23.0 Å². The van der Waals surface area contributed by atoms with Gasteiger partial charge >= 0.3 is 5.69 Å². The molecule has 2 aromatic heterocycles. The lowest BCUT2D eigenvalue weighted by Crippen LogP contribution is -2.36. The van der Waals surface area contributed by atoms with Gasteiger partial charge in [-0.1, -0.05) is 23.7 Å². The predicted molar refractivity (Wildman–Crippen MR) is 87.5 cm³/mol. The Kier molecular flexibility index (Phi) is 4.16. The average Bonchev–Trinajstić information content (AvgIpc) is 3.00. The van der Waals surface area contributed by atoms with Gasteiger partial charge in [0.05, 0.1) is 17.8 Å². The molecular formula is C16H15ClN4O2. The lowest BCUT2D eigenvalue weighted by molar-refractivity contribution is -0.122. The molecule has 23 heavy (non-hydrogen) atoms. The summed E-state index contributed by atoms with van der Waals surface area (Å²) in [5.41, 5.74) is 1.28. The maximum atomic E-state index is 12.2. The van der Waals surface area contributed by atoms with Crippen molar-refractivity contribution in [2.24, 2.45) is 0 Å². The molecule has 118 valence electrons. The molecule has 0 fully saturated rings. The Bertz CT molecular complexity index is 898. The zero-order valence-corrected chi connectivity index (χ0v) is 13.2. The minimum atomic E-state index is -0.346. The molecule has 1 amide bonds. The highest BCUT2D eigenvalue weighted by molar-refractivity contribution is 6.30. The van der Waals surface area contributed by atoms with Gasteiger partial charge in [0.15, 0.2) is 0 Å². The highest BCUT2D eigenvalue weighted by Crippen LogP contribution is 2.15. The summed E-state index contributed by atoms with van der Waals surface area (Å²) in [5, 5.41) is 7.50. The van der Waals surface area contributed by atoms with Gasteiger partial charge in [0.25, 0.3) is 0 Å². The first-order valence-corrected chi connectivity index (χ1v) is 7.50. The van der Waals surface area contributed by atoms with E-state index in [1.807, 2.05) is 19.1 Å². The fourth-order valence-corrected chi connectivity index (χ4v) is 2.47. The van der Waals surface area contributed by atoms with Crippen LogP contribution in [0.15, 0.2) is 53.6 Å². The maximum Gasteiger partial charge on any atom is 0.349 e. The molecule has 0 bridgehead atoms. The van der Waals surface area contributed by atoms with E-state index in [0.717, 1.165) is 10.2 Å². The molecule has 0 aliphatic carbocycles. The number of nitrogens with one attached hydrogen (secondary N) is 1. The number of amides is 1. The number of nitrogens with zero attached hydrogens (tertiary/aromatic N) is 3. The standard InChI is InChI=1S/C16H15ClN4O2/c1-11(12-4-6-13(17)7-5-12)19-15(22)10-21-16(23)20-8-2-3-14(20)9-18-21/h2-9,11H,10H2,1H3,(H,19,22)/t11-/m0/s1. The third kappa shape index (κ3) is 3.27. The molecule has 2 heterocycles. The molecule has 3 rings (SSSR count). The number of rotatable bonds is 4. The molecule has 6 nitrogen and oxygen atoms in total. The predicted octanol–water partition coefficient (Wildman–Crippen LogP) is 2.03. The van der Waals surface area contributed by atoms with Gasteiger partial charge in [0, 0.05) is 11.2 Å².